The summed E-state index contributed by atoms with van der Waals surface area (Å²) >= 11 is 7.43. The van der Waals surface area contributed by atoms with Crippen LogP contribution in [0, 0.1) is 0 Å². The van der Waals surface area contributed by atoms with E-state index >= 15 is 0 Å². The molecule has 1 rings (SSSR count). The minimum atomic E-state index is -0.618. The van der Waals surface area contributed by atoms with E-state index in [1.165, 1.54) is 18.4 Å². The molecule has 1 amide bonds. The largest absolute Gasteiger partial charge is 0.435 e. The Labute approximate surface area is 126 Å². The normalized spacial score (nSPS) is 9.35. The van der Waals surface area contributed by atoms with Gasteiger partial charge < -0.3 is 4.74 Å². The summed E-state index contributed by atoms with van der Waals surface area (Å²) in [6.07, 6.45) is 2.77. The molecule has 90 valence electrons. The van der Waals surface area contributed by atoms with E-state index in [4.69, 9.17) is 4.74 Å². The molecule has 0 atom stereocenters. The minimum absolute atomic E-state index is 0. The Kier molecular flexibility index (Phi) is 8.74. The molecule has 0 bridgehead atoms. The van der Waals surface area contributed by atoms with Crippen LogP contribution in [0.3, 0.4) is 0 Å². The number of hydrogen-bond donors (Lipinski definition) is 2. The maximum absolute atomic E-state index is 11.1. The van der Waals surface area contributed by atoms with Crippen LogP contribution in [-0.4, -0.2) is 9.80 Å². The molecule has 1 aromatic carbocycles. The first kappa shape index (κ1) is 16.8. The Hall–Kier alpha value is -0.187. The van der Waals surface area contributed by atoms with Crippen molar-refractivity contribution < 1.29 is 29.0 Å². The standard InChI is InChI=1S/C11H15NO2S2.Zn/c1-2-3-4-9-5-7-10(8-6-9)14-11(13)12(15)16;/h5-8,15-16H,2-4H2,1H3;. The maximum atomic E-state index is 11.1. The van der Waals surface area contributed by atoms with E-state index in [0.717, 1.165) is 10.1 Å². The number of rotatable bonds is 4. The summed E-state index contributed by atoms with van der Waals surface area (Å²) in [4.78, 5) is 11.1. The van der Waals surface area contributed by atoms with Crippen LogP contribution in [0.1, 0.15) is 25.3 Å². The number of hydrogen-bond acceptors (Lipinski definition) is 4. The number of ether oxygens (including phenoxy) is 1. The summed E-state index contributed by atoms with van der Waals surface area (Å²) in [5.41, 5.74) is 1.25. The molecule has 0 fully saturated rings. The van der Waals surface area contributed by atoms with Gasteiger partial charge >= 0.3 is 6.09 Å². The van der Waals surface area contributed by atoms with Crippen molar-refractivity contribution in [1.82, 2.24) is 3.71 Å². The molecule has 0 heterocycles. The minimum Gasteiger partial charge on any atom is -0.409 e. The number of aryl methyl sites for hydroxylation is 1. The smallest absolute Gasteiger partial charge is 0.409 e. The third-order valence-corrected chi connectivity index (χ3v) is 2.44. The van der Waals surface area contributed by atoms with E-state index in [1.807, 2.05) is 12.1 Å². The zero-order valence-corrected chi connectivity index (χ0v) is 14.6. The average Bonchev–Trinajstić information content (AvgIpc) is 2.28. The molecule has 0 unspecified atom stereocenters. The van der Waals surface area contributed by atoms with Gasteiger partial charge in [-0.1, -0.05) is 25.5 Å². The first-order valence-electron chi connectivity index (χ1n) is 5.12. The monoisotopic (exact) mass is 321 g/mol. The molecule has 6 heteroatoms. The van der Waals surface area contributed by atoms with Crippen LogP contribution < -0.4 is 4.74 Å². The number of amides is 1. The molecular formula is C11H15NO2S2Zn. The summed E-state index contributed by atoms with van der Waals surface area (Å²) in [6, 6.07) is 7.46. The van der Waals surface area contributed by atoms with Crippen molar-refractivity contribution in [2.75, 3.05) is 0 Å². The van der Waals surface area contributed by atoms with Crippen LogP contribution in [0.25, 0.3) is 0 Å². The van der Waals surface area contributed by atoms with Gasteiger partial charge in [-0.15, -0.1) is 0 Å². The van der Waals surface area contributed by atoms with E-state index in [9.17, 15) is 4.79 Å². The summed E-state index contributed by atoms with van der Waals surface area (Å²) in [7, 11) is 0. The van der Waals surface area contributed by atoms with Crippen molar-refractivity contribution >= 4 is 31.7 Å². The molecule has 0 aromatic heterocycles. The van der Waals surface area contributed by atoms with E-state index in [1.54, 1.807) is 12.1 Å². The van der Waals surface area contributed by atoms with Crippen molar-refractivity contribution in [3.05, 3.63) is 29.8 Å². The molecule has 17 heavy (non-hydrogen) atoms. The Bertz CT molecular complexity index is 344. The van der Waals surface area contributed by atoms with Gasteiger partial charge in [0.15, 0.2) is 0 Å². The van der Waals surface area contributed by atoms with Crippen molar-refractivity contribution in [2.45, 2.75) is 26.2 Å². The number of nitrogens with zero attached hydrogens (tertiary/aromatic N) is 1. The van der Waals surface area contributed by atoms with Crippen molar-refractivity contribution in [1.29, 1.82) is 0 Å². The van der Waals surface area contributed by atoms with Crippen LogP contribution in [0.4, 0.5) is 4.79 Å². The molecule has 0 saturated heterocycles. The molecule has 0 aliphatic heterocycles. The topological polar surface area (TPSA) is 29.5 Å². The molecule has 0 radical (unpaired) electrons. The Morgan fingerprint density at radius 2 is 1.88 bits per heavy atom. The van der Waals surface area contributed by atoms with Gasteiger partial charge in [0, 0.05) is 19.5 Å². The van der Waals surface area contributed by atoms with Gasteiger partial charge in [0.1, 0.15) is 5.75 Å². The quantitative estimate of drug-likeness (QED) is 0.656. The van der Waals surface area contributed by atoms with E-state index < -0.39 is 6.09 Å². The van der Waals surface area contributed by atoms with Crippen LogP contribution in [0.5, 0.6) is 5.75 Å². The summed E-state index contributed by atoms with van der Waals surface area (Å²) in [5, 5.41) is 0. The van der Waals surface area contributed by atoms with Gasteiger partial charge in [-0.05, 0) is 56.2 Å². The second-order valence-corrected chi connectivity index (χ2v) is 4.52. The van der Waals surface area contributed by atoms with E-state index in [0.29, 0.717) is 5.75 Å². The molecule has 0 N–H and O–H groups in total. The SMILES string of the molecule is CCCCc1ccc(OC(=O)N(S)S)cc1.[Zn]. The molecule has 0 spiro atoms. The van der Waals surface area contributed by atoms with Gasteiger partial charge in [0.2, 0.25) is 0 Å². The predicted molar refractivity (Wildman–Crippen MR) is 70.9 cm³/mol. The summed E-state index contributed by atoms with van der Waals surface area (Å²) in [6.45, 7) is 2.16. The molecular weight excluding hydrogens is 308 g/mol. The third kappa shape index (κ3) is 6.34. The summed E-state index contributed by atoms with van der Waals surface area (Å²) < 4.78 is 5.77. The van der Waals surface area contributed by atoms with Crippen molar-refractivity contribution in [3.63, 3.8) is 0 Å². The zero-order chi connectivity index (χ0) is 12.0. The first-order chi connectivity index (χ1) is 7.63. The molecule has 1 aromatic rings. The fraction of sp³-hybridized carbons (Fsp3) is 0.364. The van der Waals surface area contributed by atoms with Gasteiger partial charge in [0.25, 0.3) is 0 Å². The fourth-order valence-corrected chi connectivity index (χ4v) is 1.33. The van der Waals surface area contributed by atoms with Crippen LogP contribution >= 0.6 is 25.6 Å². The number of benzene rings is 1. The predicted octanol–water partition coefficient (Wildman–Crippen LogP) is 3.52. The fourth-order valence-electron chi connectivity index (χ4n) is 1.25. The van der Waals surface area contributed by atoms with Gasteiger partial charge in [-0.3, -0.25) is 0 Å². The van der Waals surface area contributed by atoms with Gasteiger partial charge in [-0.25, -0.2) is 4.79 Å². The Morgan fingerprint density at radius 1 is 1.29 bits per heavy atom. The van der Waals surface area contributed by atoms with Gasteiger partial charge in [-0.2, -0.15) is 3.71 Å². The number of carbonyl (C=O) groups is 1. The van der Waals surface area contributed by atoms with Crippen molar-refractivity contribution in [3.8, 4) is 5.75 Å². The first-order valence-corrected chi connectivity index (χ1v) is 5.92. The third-order valence-electron chi connectivity index (χ3n) is 2.11. The second kappa shape index (κ2) is 8.84. The van der Waals surface area contributed by atoms with Crippen LogP contribution in [-0.2, 0) is 25.9 Å². The summed E-state index contributed by atoms with van der Waals surface area (Å²) in [5.74, 6) is 0.498. The zero-order valence-electron chi connectivity index (χ0n) is 9.80. The number of unbranched alkanes of at least 4 members (excludes halogenated alkanes) is 1. The number of carbonyl (C=O) groups excluding carboxylic acids is 1. The van der Waals surface area contributed by atoms with E-state index in [2.05, 4.69) is 32.6 Å². The van der Waals surface area contributed by atoms with E-state index in [-0.39, 0.29) is 19.5 Å². The number of thiol groups is 2. The van der Waals surface area contributed by atoms with Crippen molar-refractivity contribution in [2.24, 2.45) is 0 Å². The molecule has 0 aliphatic rings. The maximum Gasteiger partial charge on any atom is 0.435 e. The second-order valence-electron chi connectivity index (χ2n) is 3.40. The molecule has 3 nitrogen and oxygen atoms in total. The Balaban J connectivity index is 0.00000256. The Morgan fingerprint density at radius 3 is 2.35 bits per heavy atom. The van der Waals surface area contributed by atoms with Crippen LogP contribution in [0.15, 0.2) is 24.3 Å². The average molecular weight is 323 g/mol. The van der Waals surface area contributed by atoms with Crippen LogP contribution in [0.2, 0.25) is 0 Å². The van der Waals surface area contributed by atoms with Gasteiger partial charge in [0.05, 0.1) is 0 Å². The molecule has 0 saturated carbocycles. The molecule has 0 aliphatic carbocycles.